The normalized spacial score (nSPS) is 12.0. The molecule has 1 aromatic heterocycles. The van der Waals surface area contributed by atoms with Crippen LogP contribution in [0.5, 0.6) is 0 Å². The van der Waals surface area contributed by atoms with Crippen molar-refractivity contribution in [3.8, 4) is 0 Å². The van der Waals surface area contributed by atoms with Gasteiger partial charge >= 0.3 is 0 Å². The van der Waals surface area contributed by atoms with Crippen LogP contribution in [-0.2, 0) is 11.3 Å². The van der Waals surface area contributed by atoms with Crippen LogP contribution in [-0.4, -0.2) is 29.8 Å². The van der Waals surface area contributed by atoms with E-state index in [2.05, 4.69) is 5.32 Å². The molecule has 1 heterocycles. The topological polar surface area (TPSA) is 62.6 Å². The van der Waals surface area contributed by atoms with Crippen molar-refractivity contribution in [2.45, 2.75) is 26.4 Å². The highest BCUT2D eigenvalue weighted by Gasteiger charge is 2.28. The Morgan fingerprint density at radius 2 is 2.00 bits per heavy atom. The quantitative estimate of drug-likeness (QED) is 0.870. The molecule has 5 nitrogen and oxygen atoms in total. The van der Waals surface area contributed by atoms with Crippen molar-refractivity contribution in [3.05, 3.63) is 59.0 Å². The van der Waals surface area contributed by atoms with Crippen molar-refractivity contribution in [2.75, 3.05) is 7.05 Å². The van der Waals surface area contributed by atoms with Crippen molar-refractivity contribution in [1.82, 2.24) is 10.2 Å². The van der Waals surface area contributed by atoms with Gasteiger partial charge in [-0.15, -0.1) is 0 Å². The highest BCUT2D eigenvalue weighted by Crippen LogP contribution is 2.14. The Bertz CT molecular complexity index is 698. The second-order valence-corrected chi connectivity index (χ2v) is 6.43. The summed E-state index contributed by atoms with van der Waals surface area (Å²) in [6.07, 6.45) is 1.42. The minimum absolute atomic E-state index is 0.0572. The number of carbonyl (C=O) groups is 2. The van der Waals surface area contributed by atoms with Crippen LogP contribution in [0.25, 0.3) is 0 Å². The minimum atomic E-state index is -0.633. The fraction of sp³-hybridized carbons (Fsp3) is 0.333. The number of likely N-dealkylation sites (N-methyl/N-ethyl adjacent to an activating group) is 1. The number of benzene rings is 1. The monoisotopic (exact) mass is 348 g/mol. The molecule has 2 aromatic rings. The van der Waals surface area contributed by atoms with Crippen LogP contribution in [0.15, 0.2) is 47.1 Å². The summed E-state index contributed by atoms with van der Waals surface area (Å²) in [5.41, 5.74) is 0.929. The lowest BCUT2D eigenvalue weighted by Gasteiger charge is -2.27. The zero-order chi connectivity index (χ0) is 17.7. The molecule has 0 fully saturated rings. The summed E-state index contributed by atoms with van der Waals surface area (Å²) >= 11 is 5.98. The van der Waals surface area contributed by atoms with Crippen molar-refractivity contribution in [2.24, 2.45) is 5.92 Å². The van der Waals surface area contributed by atoms with Crippen LogP contribution >= 0.6 is 11.6 Å². The SMILES string of the molecule is CC(C)[C@H](NC(=O)c1ccco1)C(=O)N(C)Cc1cccc(Cl)c1. The summed E-state index contributed by atoms with van der Waals surface area (Å²) in [5.74, 6) is -0.433. The predicted molar refractivity (Wildman–Crippen MR) is 92.7 cm³/mol. The number of nitrogens with zero attached hydrogens (tertiary/aromatic N) is 1. The number of nitrogens with one attached hydrogen (secondary N) is 1. The molecular weight excluding hydrogens is 328 g/mol. The minimum Gasteiger partial charge on any atom is -0.459 e. The first kappa shape index (κ1) is 18.1. The van der Waals surface area contributed by atoms with Crippen LogP contribution in [0.2, 0.25) is 5.02 Å². The van der Waals surface area contributed by atoms with Gasteiger partial charge in [-0.3, -0.25) is 9.59 Å². The zero-order valence-electron chi connectivity index (χ0n) is 14.0. The van der Waals surface area contributed by atoms with Crippen LogP contribution in [0.1, 0.15) is 30.0 Å². The Kier molecular flexibility index (Phi) is 6.04. The average Bonchev–Trinajstić information content (AvgIpc) is 3.06. The Balaban J connectivity index is 2.06. The number of rotatable bonds is 6. The van der Waals surface area contributed by atoms with E-state index in [-0.39, 0.29) is 17.6 Å². The van der Waals surface area contributed by atoms with Gasteiger partial charge in [-0.05, 0) is 35.7 Å². The van der Waals surface area contributed by atoms with Gasteiger partial charge in [0.1, 0.15) is 6.04 Å². The highest BCUT2D eigenvalue weighted by atomic mass is 35.5. The molecule has 0 spiro atoms. The van der Waals surface area contributed by atoms with Gasteiger partial charge < -0.3 is 14.6 Å². The van der Waals surface area contributed by atoms with E-state index in [4.69, 9.17) is 16.0 Å². The van der Waals surface area contributed by atoms with E-state index in [1.165, 1.54) is 6.26 Å². The van der Waals surface area contributed by atoms with Crippen LogP contribution in [0.3, 0.4) is 0 Å². The molecule has 0 aliphatic rings. The number of halogens is 1. The summed E-state index contributed by atoms with van der Waals surface area (Å²) in [4.78, 5) is 26.5. The maximum Gasteiger partial charge on any atom is 0.287 e. The Hall–Kier alpha value is -2.27. The fourth-order valence-corrected chi connectivity index (χ4v) is 2.57. The van der Waals surface area contributed by atoms with Crippen LogP contribution in [0.4, 0.5) is 0 Å². The van der Waals surface area contributed by atoms with Gasteiger partial charge in [0, 0.05) is 18.6 Å². The molecule has 1 aromatic carbocycles. The maximum atomic E-state index is 12.7. The van der Waals surface area contributed by atoms with Crippen molar-refractivity contribution < 1.29 is 14.0 Å². The van der Waals surface area contributed by atoms with Gasteiger partial charge in [-0.2, -0.15) is 0 Å². The molecule has 24 heavy (non-hydrogen) atoms. The molecular formula is C18H21ClN2O3. The Morgan fingerprint density at radius 1 is 1.25 bits per heavy atom. The van der Waals surface area contributed by atoms with Gasteiger partial charge in [0.2, 0.25) is 5.91 Å². The summed E-state index contributed by atoms with van der Waals surface area (Å²) < 4.78 is 5.07. The third-order valence-electron chi connectivity index (χ3n) is 3.65. The fourth-order valence-electron chi connectivity index (χ4n) is 2.36. The van der Waals surface area contributed by atoms with Crippen LogP contribution in [0, 0.1) is 5.92 Å². The van der Waals surface area contributed by atoms with E-state index < -0.39 is 11.9 Å². The van der Waals surface area contributed by atoms with E-state index in [0.29, 0.717) is 11.6 Å². The molecule has 128 valence electrons. The van der Waals surface area contributed by atoms with E-state index in [9.17, 15) is 9.59 Å². The zero-order valence-corrected chi connectivity index (χ0v) is 14.7. The molecule has 0 radical (unpaired) electrons. The smallest absolute Gasteiger partial charge is 0.287 e. The molecule has 0 aliphatic carbocycles. The summed E-state index contributed by atoms with van der Waals surface area (Å²) in [6.45, 7) is 4.19. The highest BCUT2D eigenvalue weighted by molar-refractivity contribution is 6.30. The first-order chi connectivity index (χ1) is 11.4. The van der Waals surface area contributed by atoms with E-state index >= 15 is 0 Å². The number of furan rings is 1. The molecule has 1 atom stereocenters. The van der Waals surface area contributed by atoms with Crippen molar-refractivity contribution in [3.63, 3.8) is 0 Å². The third-order valence-corrected chi connectivity index (χ3v) is 3.88. The summed E-state index contributed by atoms with van der Waals surface area (Å²) in [5, 5.41) is 3.37. The second kappa shape index (κ2) is 8.02. The summed E-state index contributed by atoms with van der Waals surface area (Å²) in [7, 11) is 1.71. The van der Waals surface area contributed by atoms with Gasteiger partial charge in [0.25, 0.3) is 5.91 Å². The van der Waals surface area contributed by atoms with E-state index in [1.54, 1.807) is 30.1 Å². The first-order valence-electron chi connectivity index (χ1n) is 7.72. The van der Waals surface area contributed by atoms with Crippen molar-refractivity contribution in [1.29, 1.82) is 0 Å². The number of amides is 2. The first-order valence-corrected chi connectivity index (χ1v) is 8.10. The van der Waals surface area contributed by atoms with E-state index in [0.717, 1.165) is 5.56 Å². The lowest BCUT2D eigenvalue weighted by Crippen LogP contribution is -2.49. The molecule has 6 heteroatoms. The largest absolute Gasteiger partial charge is 0.459 e. The average molecular weight is 349 g/mol. The molecule has 0 bridgehead atoms. The Morgan fingerprint density at radius 3 is 2.58 bits per heavy atom. The summed E-state index contributed by atoms with van der Waals surface area (Å²) in [6, 6.07) is 9.91. The molecule has 2 rings (SSSR count). The number of hydrogen-bond donors (Lipinski definition) is 1. The lowest BCUT2D eigenvalue weighted by molar-refractivity contribution is -0.133. The molecule has 0 aliphatic heterocycles. The van der Waals surface area contributed by atoms with Gasteiger partial charge in [0.15, 0.2) is 5.76 Å². The van der Waals surface area contributed by atoms with Crippen LogP contribution < -0.4 is 5.32 Å². The lowest BCUT2D eigenvalue weighted by atomic mass is 10.0. The second-order valence-electron chi connectivity index (χ2n) is 6.00. The molecule has 0 unspecified atom stereocenters. The van der Waals surface area contributed by atoms with Crippen molar-refractivity contribution >= 4 is 23.4 Å². The van der Waals surface area contributed by atoms with Gasteiger partial charge in [-0.25, -0.2) is 0 Å². The standard InChI is InChI=1S/C18H21ClN2O3/c1-12(2)16(20-17(22)15-8-5-9-24-15)18(23)21(3)11-13-6-4-7-14(19)10-13/h4-10,12,16H,11H2,1-3H3,(H,20,22)/t16-/m0/s1. The molecule has 2 amide bonds. The van der Waals surface area contributed by atoms with E-state index in [1.807, 2.05) is 32.0 Å². The molecule has 0 saturated carbocycles. The predicted octanol–water partition coefficient (Wildman–Crippen LogP) is 3.35. The molecule has 0 saturated heterocycles. The number of hydrogen-bond acceptors (Lipinski definition) is 3. The third kappa shape index (κ3) is 4.61. The molecule has 1 N–H and O–H groups in total. The Labute approximate surface area is 146 Å². The van der Waals surface area contributed by atoms with Gasteiger partial charge in [-0.1, -0.05) is 37.6 Å². The number of carbonyl (C=O) groups excluding carboxylic acids is 2. The maximum absolute atomic E-state index is 12.7. The van der Waals surface area contributed by atoms with Gasteiger partial charge in [0.05, 0.1) is 6.26 Å².